The van der Waals surface area contributed by atoms with E-state index in [1.54, 1.807) is 0 Å². The van der Waals surface area contributed by atoms with Crippen molar-refractivity contribution in [2.24, 2.45) is 0 Å². The van der Waals surface area contributed by atoms with Crippen molar-refractivity contribution in [3.63, 3.8) is 0 Å². The number of hydrogen-bond donors (Lipinski definition) is 0. The Hall–Kier alpha value is -4.82. The van der Waals surface area contributed by atoms with E-state index in [1.807, 2.05) is 91.0 Å². The maximum atomic E-state index is 9.26. The van der Waals surface area contributed by atoms with E-state index in [2.05, 4.69) is 42.5 Å². The first-order valence-corrected chi connectivity index (χ1v) is 14.6. The molecule has 0 bridgehead atoms. The monoisotopic (exact) mass is 544 g/mol. The highest BCUT2D eigenvalue weighted by Gasteiger charge is 2.43. The number of benzene rings is 5. The average molecular weight is 545 g/mol. The molecule has 1 spiro atoms. The molecule has 0 atom stereocenters. The smallest absolute Gasteiger partial charge is 0.160 e. The SMILES string of the molecule is [2H]C1([2H])CCCC([2H])([2H])C12c1ccccc1-c1ccc(-c3ccc(-c4nc(-c5ccccc5)cc(-c5ccccc5)n4)cc3)cc12. The summed E-state index contributed by atoms with van der Waals surface area (Å²) < 4.78 is 37.0. The van der Waals surface area contributed by atoms with Gasteiger partial charge in [0.05, 0.1) is 11.4 Å². The van der Waals surface area contributed by atoms with Gasteiger partial charge in [0, 0.05) is 27.6 Å². The summed E-state index contributed by atoms with van der Waals surface area (Å²) in [6, 6.07) is 44.4. The van der Waals surface area contributed by atoms with Crippen molar-refractivity contribution in [2.75, 3.05) is 0 Å². The zero-order valence-corrected chi connectivity index (χ0v) is 23.2. The molecule has 0 amide bonds. The molecule has 2 heteroatoms. The Morgan fingerprint density at radius 2 is 1.00 bits per heavy atom. The molecular weight excluding hydrogens is 508 g/mol. The highest BCUT2D eigenvalue weighted by atomic mass is 14.9. The molecule has 2 nitrogen and oxygen atoms in total. The van der Waals surface area contributed by atoms with E-state index in [4.69, 9.17) is 9.97 Å². The van der Waals surface area contributed by atoms with Gasteiger partial charge in [0.15, 0.2) is 5.82 Å². The first-order chi connectivity index (χ1) is 22.3. The Bertz CT molecular complexity index is 2000. The lowest BCUT2D eigenvalue weighted by atomic mass is 9.67. The maximum Gasteiger partial charge on any atom is 0.160 e. The van der Waals surface area contributed by atoms with E-state index in [0.29, 0.717) is 25.1 Å². The minimum absolute atomic E-state index is 0.326. The standard InChI is InChI=1S/C40H32N2/c1-4-12-29(13-5-1)37-27-38(30-14-6-2-7-15-30)42-39(41-37)31-20-18-28(19-21-31)32-22-23-34-33-16-8-9-17-35(33)40(36(34)26-32)24-10-3-11-25-40/h1-2,4-9,12-23,26-27H,3,10-11,24-25H2/i24D2,25D2. The summed E-state index contributed by atoms with van der Waals surface area (Å²) in [5, 5.41) is 0. The zero-order valence-electron chi connectivity index (χ0n) is 27.2. The molecule has 1 fully saturated rings. The second kappa shape index (κ2) is 10.2. The Balaban J connectivity index is 1.23. The largest absolute Gasteiger partial charge is 0.228 e. The lowest BCUT2D eigenvalue weighted by molar-refractivity contribution is 0.353. The van der Waals surface area contributed by atoms with Crippen LogP contribution in [0.15, 0.2) is 133 Å². The molecule has 0 aliphatic heterocycles. The van der Waals surface area contributed by atoms with Crippen LogP contribution in [-0.2, 0) is 5.41 Å². The van der Waals surface area contributed by atoms with Crippen LogP contribution >= 0.6 is 0 Å². The number of rotatable bonds is 4. The van der Waals surface area contributed by atoms with Gasteiger partial charge in [0.1, 0.15) is 0 Å². The quantitative estimate of drug-likeness (QED) is 0.221. The molecule has 1 heterocycles. The van der Waals surface area contributed by atoms with Gasteiger partial charge in [-0.2, -0.15) is 0 Å². The van der Waals surface area contributed by atoms with Gasteiger partial charge in [-0.15, -0.1) is 0 Å². The van der Waals surface area contributed by atoms with Gasteiger partial charge in [-0.05, 0) is 58.3 Å². The van der Waals surface area contributed by atoms with Crippen LogP contribution in [0.1, 0.15) is 48.6 Å². The molecule has 1 saturated carbocycles. The van der Waals surface area contributed by atoms with E-state index in [-0.39, 0.29) is 0 Å². The van der Waals surface area contributed by atoms with Crippen molar-refractivity contribution < 1.29 is 5.48 Å². The molecule has 8 rings (SSSR count). The van der Waals surface area contributed by atoms with Gasteiger partial charge in [-0.25, -0.2) is 9.97 Å². The van der Waals surface area contributed by atoms with Crippen molar-refractivity contribution in [2.45, 2.75) is 37.4 Å². The van der Waals surface area contributed by atoms with Gasteiger partial charge in [0.2, 0.25) is 0 Å². The zero-order chi connectivity index (χ0) is 31.5. The Morgan fingerprint density at radius 1 is 0.452 bits per heavy atom. The number of hydrogen-bond acceptors (Lipinski definition) is 2. The van der Waals surface area contributed by atoms with Gasteiger partial charge in [0.25, 0.3) is 0 Å². The fourth-order valence-electron chi connectivity index (χ4n) is 6.44. The second-order valence-electron chi connectivity index (χ2n) is 11.0. The van der Waals surface area contributed by atoms with Crippen LogP contribution in [0, 0.1) is 0 Å². The molecule has 6 aromatic rings. The summed E-state index contributed by atoms with van der Waals surface area (Å²) in [4.78, 5) is 9.93. The summed E-state index contributed by atoms with van der Waals surface area (Å²) >= 11 is 0. The van der Waals surface area contributed by atoms with Crippen LogP contribution in [0.2, 0.25) is 0 Å². The van der Waals surface area contributed by atoms with Crippen LogP contribution in [0.25, 0.3) is 56.2 Å². The van der Waals surface area contributed by atoms with Crippen LogP contribution in [-0.4, -0.2) is 9.97 Å². The number of aromatic nitrogens is 2. The topological polar surface area (TPSA) is 25.8 Å². The number of fused-ring (bicyclic) bond motifs is 5. The fourth-order valence-corrected chi connectivity index (χ4v) is 6.44. The molecule has 2 aliphatic carbocycles. The van der Waals surface area contributed by atoms with Crippen molar-refractivity contribution >= 4 is 0 Å². The van der Waals surface area contributed by atoms with Gasteiger partial charge in [-0.1, -0.05) is 141 Å². The average Bonchev–Trinajstić information content (AvgIpc) is 3.40. The van der Waals surface area contributed by atoms with E-state index in [0.717, 1.165) is 61.5 Å². The number of nitrogens with zero attached hydrogens (tertiary/aromatic N) is 2. The van der Waals surface area contributed by atoms with Crippen LogP contribution in [0.5, 0.6) is 0 Å². The Labute approximate surface area is 253 Å². The molecule has 0 unspecified atom stereocenters. The highest BCUT2D eigenvalue weighted by Crippen LogP contribution is 2.56. The van der Waals surface area contributed by atoms with Gasteiger partial charge < -0.3 is 0 Å². The summed E-state index contributed by atoms with van der Waals surface area (Å²) in [5.41, 5.74) is 8.53. The molecule has 0 saturated heterocycles. The summed E-state index contributed by atoms with van der Waals surface area (Å²) in [7, 11) is 0. The lowest BCUT2D eigenvalue weighted by Crippen LogP contribution is -2.28. The molecule has 202 valence electrons. The Morgan fingerprint density at radius 3 is 1.67 bits per heavy atom. The normalized spacial score (nSPS) is 18.7. The maximum absolute atomic E-state index is 9.26. The summed E-state index contributed by atoms with van der Waals surface area (Å²) in [6.07, 6.45) is -2.30. The molecule has 0 N–H and O–H groups in total. The van der Waals surface area contributed by atoms with E-state index in [9.17, 15) is 5.48 Å². The van der Waals surface area contributed by atoms with Gasteiger partial charge in [-0.3, -0.25) is 0 Å². The van der Waals surface area contributed by atoms with Crippen molar-refractivity contribution in [1.82, 2.24) is 9.97 Å². The van der Waals surface area contributed by atoms with Crippen molar-refractivity contribution in [1.29, 1.82) is 0 Å². The molecule has 42 heavy (non-hydrogen) atoms. The molecule has 2 aliphatic rings. The molecule has 0 radical (unpaired) electrons. The van der Waals surface area contributed by atoms with Gasteiger partial charge >= 0.3 is 0 Å². The molecule has 1 aromatic heterocycles. The Kier molecular flexibility index (Phi) is 5.10. The third kappa shape index (κ3) is 4.18. The fraction of sp³-hybridized carbons (Fsp3) is 0.150. The van der Waals surface area contributed by atoms with Crippen molar-refractivity contribution in [3.05, 3.63) is 145 Å². The first kappa shape index (κ1) is 21.0. The minimum Gasteiger partial charge on any atom is -0.228 e. The third-order valence-corrected chi connectivity index (χ3v) is 8.52. The van der Waals surface area contributed by atoms with Crippen LogP contribution in [0.3, 0.4) is 0 Å². The van der Waals surface area contributed by atoms with E-state index in [1.165, 1.54) is 0 Å². The summed E-state index contributed by atoms with van der Waals surface area (Å²) in [5.74, 6) is 0.638. The first-order valence-electron chi connectivity index (χ1n) is 16.6. The molecule has 5 aromatic carbocycles. The van der Waals surface area contributed by atoms with Crippen LogP contribution < -0.4 is 0 Å². The third-order valence-electron chi connectivity index (χ3n) is 8.52. The van der Waals surface area contributed by atoms with Crippen LogP contribution in [0.4, 0.5) is 0 Å². The predicted octanol–water partition coefficient (Wildman–Crippen LogP) is 10.4. The minimum atomic E-state index is -1.74. The molecular formula is C40H32N2. The van der Waals surface area contributed by atoms with Crippen molar-refractivity contribution in [3.8, 4) is 56.2 Å². The highest BCUT2D eigenvalue weighted by molar-refractivity contribution is 5.84. The second-order valence-corrected chi connectivity index (χ2v) is 11.0. The lowest BCUT2D eigenvalue weighted by Gasteiger charge is -2.36. The van der Waals surface area contributed by atoms with E-state index >= 15 is 0 Å². The summed E-state index contributed by atoms with van der Waals surface area (Å²) in [6.45, 7) is 0. The predicted molar refractivity (Wildman–Crippen MR) is 173 cm³/mol. The van der Waals surface area contributed by atoms with E-state index < -0.39 is 18.2 Å².